The lowest BCUT2D eigenvalue weighted by Crippen LogP contribution is -2.23. The van der Waals surface area contributed by atoms with Gasteiger partial charge in [-0.15, -0.1) is 10.2 Å². The topological polar surface area (TPSA) is 96.1 Å². The second-order valence-corrected chi connectivity index (χ2v) is 5.08. The van der Waals surface area contributed by atoms with E-state index in [4.69, 9.17) is 5.73 Å². The monoisotopic (exact) mass is 301 g/mol. The molecule has 0 atom stereocenters. The molecule has 0 spiro atoms. The highest BCUT2D eigenvalue weighted by Crippen LogP contribution is 2.29. The van der Waals surface area contributed by atoms with Crippen LogP contribution < -0.4 is 16.4 Å². The molecule has 6 heteroatoms. The van der Waals surface area contributed by atoms with Gasteiger partial charge < -0.3 is 21.5 Å². The molecule has 0 bridgehead atoms. The van der Waals surface area contributed by atoms with Crippen LogP contribution in [0.25, 0.3) is 11.3 Å². The molecular formula is C16H23N5O. The van der Waals surface area contributed by atoms with Crippen molar-refractivity contribution in [3.63, 3.8) is 0 Å². The van der Waals surface area contributed by atoms with E-state index in [0.717, 1.165) is 25.3 Å². The van der Waals surface area contributed by atoms with Crippen molar-refractivity contribution in [2.24, 2.45) is 0 Å². The molecule has 1 heterocycles. The quantitative estimate of drug-likeness (QED) is 0.558. The number of para-hydroxylation sites is 1. The molecule has 1 aromatic carbocycles. The Morgan fingerprint density at radius 3 is 2.73 bits per heavy atom. The second kappa shape index (κ2) is 8.19. The standard InChI is InChI=1S/C16H23N5O/c1-2-3-8-18-9-10-19-14-11-13(20-21-16(14)17)12-6-4-5-7-15(12)22/h4-7,11,18,22H,2-3,8-10H2,1H3,(H2,17,21)(H,19,20). The number of anilines is 2. The number of nitrogens with zero attached hydrogens (tertiary/aromatic N) is 2. The average Bonchev–Trinajstić information content (AvgIpc) is 2.53. The predicted octanol–water partition coefficient (Wildman–Crippen LogP) is 2.23. The Bertz CT molecular complexity index is 603. The lowest BCUT2D eigenvalue weighted by atomic mass is 10.1. The third kappa shape index (κ3) is 4.33. The van der Waals surface area contributed by atoms with Crippen LogP contribution in [0.3, 0.4) is 0 Å². The van der Waals surface area contributed by atoms with E-state index < -0.39 is 0 Å². The zero-order valence-corrected chi connectivity index (χ0v) is 12.8. The highest BCUT2D eigenvalue weighted by atomic mass is 16.3. The summed E-state index contributed by atoms with van der Waals surface area (Å²) < 4.78 is 0. The number of nitrogens with one attached hydrogen (secondary N) is 2. The number of phenols is 1. The van der Waals surface area contributed by atoms with Gasteiger partial charge in [-0.1, -0.05) is 25.5 Å². The van der Waals surface area contributed by atoms with Crippen molar-refractivity contribution in [1.82, 2.24) is 15.5 Å². The number of phenolic OH excluding ortho intramolecular Hbond substituents is 1. The van der Waals surface area contributed by atoms with Crippen LogP contribution >= 0.6 is 0 Å². The number of benzene rings is 1. The Hall–Kier alpha value is -2.34. The van der Waals surface area contributed by atoms with Gasteiger partial charge in [0.1, 0.15) is 5.75 Å². The fraction of sp³-hybridized carbons (Fsp3) is 0.375. The van der Waals surface area contributed by atoms with Crippen LogP contribution in [-0.2, 0) is 0 Å². The van der Waals surface area contributed by atoms with E-state index in [1.54, 1.807) is 18.2 Å². The molecule has 0 saturated heterocycles. The summed E-state index contributed by atoms with van der Waals surface area (Å²) in [7, 11) is 0. The first-order chi connectivity index (χ1) is 10.7. The molecule has 0 fully saturated rings. The van der Waals surface area contributed by atoms with Gasteiger partial charge in [-0.3, -0.25) is 0 Å². The number of aromatic nitrogens is 2. The first kappa shape index (κ1) is 16.0. The Labute approximate surface area is 130 Å². The predicted molar refractivity (Wildman–Crippen MR) is 89.8 cm³/mol. The number of nitrogens with two attached hydrogens (primary N) is 1. The Kier molecular flexibility index (Phi) is 5.97. The highest BCUT2D eigenvalue weighted by molar-refractivity contribution is 5.73. The van der Waals surface area contributed by atoms with Crippen LogP contribution in [0, 0.1) is 0 Å². The molecule has 0 unspecified atom stereocenters. The number of aromatic hydroxyl groups is 1. The number of nitrogen functional groups attached to an aromatic ring is 1. The molecule has 1 aromatic heterocycles. The minimum atomic E-state index is 0.175. The molecule has 0 aliphatic heterocycles. The Morgan fingerprint density at radius 1 is 1.14 bits per heavy atom. The summed E-state index contributed by atoms with van der Waals surface area (Å²) in [5.74, 6) is 0.529. The average molecular weight is 301 g/mol. The molecule has 2 aromatic rings. The van der Waals surface area contributed by atoms with E-state index >= 15 is 0 Å². The van der Waals surface area contributed by atoms with E-state index in [-0.39, 0.29) is 5.75 Å². The number of rotatable bonds is 8. The van der Waals surface area contributed by atoms with Gasteiger partial charge in [0, 0.05) is 18.7 Å². The lowest BCUT2D eigenvalue weighted by Gasteiger charge is -2.11. The first-order valence-electron chi connectivity index (χ1n) is 7.58. The molecule has 0 aliphatic carbocycles. The SMILES string of the molecule is CCCCNCCNc1cc(-c2ccccc2O)nnc1N. The summed E-state index contributed by atoms with van der Waals surface area (Å²) in [6.07, 6.45) is 2.36. The Morgan fingerprint density at radius 2 is 1.95 bits per heavy atom. The van der Waals surface area contributed by atoms with Gasteiger partial charge in [-0.2, -0.15) is 0 Å². The van der Waals surface area contributed by atoms with Crippen molar-refractivity contribution >= 4 is 11.5 Å². The van der Waals surface area contributed by atoms with Gasteiger partial charge in [-0.05, 0) is 31.2 Å². The first-order valence-corrected chi connectivity index (χ1v) is 7.58. The number of hydrogen-bond donors (Lipinski definition) is 4. The largest absolute Gasteiger partial charge is 0.507 e. The van der Waals surface area contributed by atoms with Crippen LogP contribution in [0.5, 0.6) is 5.75 Å². The summed E-state index contributed by atoms with van der Waals surface area (Å²) in [6, 6.07) is 8.84. The van der Waals surface area contributed by atoms with Crippen LogP contribution in [0.4, 0.5) is 11.5 Å². The number of hydrogen-bond acceptors (Lipinski definition) is 6. The molecule has 6 nitrogen and oxygen atoms in total. The summed E-state index contributed by atoms with van der Waals surface area (Å²) in [4.78, 5) is 0. The zero-order chi connectivity index (χ0) is 15.8. The van der Waals surface area contributed by atoms with Crippen molar-refractivity contribution < 1.29 is 5.11 Å². The van der Waals surface area contributed by atoms with Crippen molar-refractivity contribution in [2.75, 3.05) is 30.7 Å². The van der Waals surface area contributed by atoms with E-state index in [2.05, 4.69) is 27.8 Å². The molecule has 0 saturated carbocycles. The maximum atomic E-state index is 9.89. The van der Waals surface area contributed by atoms with Gasteiger partial charge in [0.2, 0.25) is 0 Å². The van der Waals surface area contributed by atoms with Crippen LogP contribution in [0.1, 0.15) is 19.8 Å². The summed E-state index contributed by atoms with van der Waals surface area (Å²) >= 11 is 0. The fourth-order valence-corrected chi connectivity index (χ4v) is 2.08. The van der Waals surface area contributed by atoms with Gasteiger partial charge in [0.15, 0.2) is 5.82 Å². The third-order valence-corrected chi connectivity index (χ3v) is 3.33. The molecule has 22 heavy (non-hydrogen) atoms. The molecule has 118 valence electrons. The lowest BCUT2D eigenvalue weighted by molar-refractivity contribution is 0.477. The number of unbranched alkanes of at least 4 members (excludes halogenated alkanes) is 1. The van der Waals surface area contributed by atoms with Gasteiger partial charge in [0.25, 0.3) is 0 Å². The fourth-order valence-electron chi connectivity index (χ4n) is 2.08. The van der Waals surface area contributed by atoms with E-state index in [0.29, 0.717) is 17.1 Å². The minimum absolute atomic E-state index is 0.175. The van der Waals surface area contributed by atoms with Crippen molar-refractivity contribution in [3.05, 3.63) is 30.3 Å². The molecular weight excluding hydrogens is 278 g/mol. The molecule has 2 rings (SSSR count). The summed E-state index contributed by atoms with van der Waals surface area (Å²) in [5, 5.41) is 24.5. The van der Waals surface area contributed by atoms with Crippen molar-refractivity contribution in [2.45, 2.75) is 19.8 Å². The van der Waals surface area contributed by atoms with Crippen LogP contribution in [-0.4, -0.2) is 34.9 Å². The van der Waals surface area contributed by atoms with E-state index in [9.17, 15) is 5.11 Å². The minimum Gasteiger partial charge on any atom is -0.507 e. The Balaban J connectivity index is 2.00. The third-order valence-electron chi connectivity index (χ3n) is 3.33. The van der Waals surface area contributed by atoms with E-state index in [1.807, 2.05) is 12.1 Å². The van der Waals surface area contributed by atoms with Crippen LogP contribution in [0.2, 0.25) is 0 Å². The second-order valence-electron chi connectivity index (χ2n) is 5.08. The maximum absolute atomic E-state index is 9.89. The summed E-state index contributed by atoms with van der Waals surface area (Å²) in [6.45, 7) is 4.79. The van der Waals surface area contributed by atoms with E-state index in [1.165, 1.54) is 12.8 Å². The normalized spacial score (nSPS) is 10.6. The van der Waals surface area contributed by atoms with Crippen molar-refractivity contribution in [3.8, 4) is 17.0 Å². The zero-order valence-electron chi connectivity index (χ0n) is 12.8. The van der Waals surface area contributed by atoms with Crippen LogP contribution in [0.15, 0.2) is 30.3 Å². The molecule has 0 aliphatic rings. The van der Waals surface area contributed by atoms with Gasteiger partial charge in [-0.25, -0.2) is 0 Å². The smallest absolute Gasteiger partial charge is 0.169 e. The maximum Gasteiger partial charge on any atom is 0.169 e. The van der Waals surface area contributed by atoms with Crippen molar-refractivity contribution in [1.29, 1.82) is 0 Å². The molecule has 0 amide bonds. The van der Waals surface area contributed by atoms with Gasteiger partial charge in [0.05, 0.1) is 11.4 Å². The van der Waals surface area contributed by atoms with Gasteiger partial charge >= 0.3 is 0 Å². The summed E-state index contributed by atoms with van der Waals surface area (Å²) in [5.41, 5.74) is 7.81. The molecule has 0 radical (unpaired) electrons. The molecule has 5 N–H and O–H groups in total. The highest BCUT2D eigenvalue weighted by Gasteiger charge is 2.09.